The van der Waals surface area contributed by atoms with Gasteiger partial charge in [-0.2, -0.15) is 0 Å². The lowest BCUT2D eigenvalue weighted by Gasteiger charge is -2.23. The van der Waals surface area contributed by atoms with E-state index in [1.165, 1.54) is 0 Å². The van der Waals surface area contributed by atoms with E-state index in [-0.39, 0.29) is 24.3 Å². The molecule has 1 saturated carbocycles. The Kier molecular flexibility index (Phi) is 5.14. The standard InChI is InChI=1S/C14H21NO5/c16-5-7-20-6-1-4-15-13(17)11-9-2-3-10(8-9)12(11)14(18)19/h2-3,9-12,16H,1,4-8H2,(H,15,17)(H,18,19)/t9?,10?,11-,12+/m0/s1. The number of aliphatic carboxylic acids is 1. The van der Waals surface area contributed by atoms with Gasteiger partial charge >= 0.3 is 5.97 Å². The number of carbonyl (C=O) groups excluding carboxylic acids is 1. The van der Waals surface area contributed by atoms with Crippen LogP contribution in [0.15, 0.2) is 12.2 Å². The summed E-state index contributed by atoms with van der Waals surface area (Å²) in [6.45, 7) is 1.23. The number of amides is 1. The second-order valence-corrected chi connectivity index (χ2v) is 5.32. The molecule has 20 heavy (non-hydrogen) atoms. The van der Waals surface area contributed by atoms with Gasteiger partial charge in [-0.05, 0) is 24.7 Å². The van der Waals surface area contributed by atoms with Crippen LogP contribution in [0.2, 0.25) is 0 Å². The van der Waals surface area contributed by atoms with Crippen LogP contribution in [-0.2, 0) is 14.3 Å². The van der Waals surface area contributed by atoms with Crippen molar-refractivity contribution in [1.29, 1.82) is 0 Å². The van der Waals surface area contributed by atoms with Crippen LogP contribution in [0.4, 0.5) is 0 Å². The summed E-state index contributed by atoms with van der Waals surface area (Å²) in [4.78, 5) is 23.4. The molecule has 4 atom stereocenters. The number of ether oxygens (including phenoxy) is 1. The largest absolute Gasteiger partial charge is 0.481 e. The normalized spacial score (nSPS) is 30.6. The molecule has 0 spiro atoms. The number of aliphatic hydroxyl groups is 1. The molecule has 0 heterocycles. The van der Waals surface area contributed by atoms with E-state index in [4.69, 9.17) is 9.84 Å². The fraction of sp³-hybridized carbons (Fsp3) is 0.714. The van der Waals surface area contributed by atoms with E-state index in [1.807, 2.05) is 12.2 Å². The second-order valence-electron chi connectivity index (χ2n) is 5.32. The summed E-state index contributed by atoms with van der Waals surface area (Å²) >= 11 is 0. The maximum atomic E-state index is 12.1. The third-order valence-electron chi connectivity index (χ3n) is 4.05. The predicted molar refractivity (Wildman–Crippen MR) is 70.9 cm³/mol. The Morgan fingerprint density at radius 3 is 2.55 bits per heavy atom. The number of fused-ring (bicyclic) bond motifs is 2. The van der Waals surface area contributed by atoms with Crippen molar-refractivity contribution in [1.82, 2.24) is 5.32 Å². The Balaban J connectivity index is 1.77. The summed E-state index contributed by atoms with van der Waals surface area (Å²) in [6, 6.07) is 0. The lowest BCUT2D eigenvalue weighted by molar-refractivity contribution is -0.147. The van der Waals surface area contributed by atoms with E-state index >= 15 is 0 Å². The van der Waals surface area contributed by atoms with Crippen LogP contribution in [-0.4, -0.2) is 48.5 Å². The van der Waals surface area contributed by atoms with Crippen LogP contribution in [0.3, 0.4) is 0 Å². The van der Waals surface area contributed by atoms with Crippen LogP contribution in [0.5, 0.6) is 0 Å². The van der Waals surface area contributed by atoms with Crippen LogP contribution in [0.25, 0.3) is 0 Å². The van der Waals surface area contributed by atoms with Crippen molar-refractivity contribution in [2.45, 2.75) is 12.8 Å². The minimum atomic E-state index is -0.881. The number of hydrogen-bond donors (Lipinski definition) is 3. The van der Waals surface area contributed by atoms with Crippen molar-refractivity contribution in [3.63, 3.8) is 0 Å². The molecular formula is C14H21NO5. The molecule has 2 bridgehead atoms. The summed E-state index contributed by atoms with van der Waals surface area (Å²) in [5, 5.41) is 20.6. The van der Waals surface area contributed by atoms with Crippen LogP contribution >= 0.6 is 0 Å². The second kappa shape index (κ2) is 6.85. The van der Waals surface area contributed by atoms with Gasteiger partial charge < -0.3 is 20.3 Å². The molecule has 2 aliphatic rings. The van der Waals surface area contributed by atoms with Gasteiger partial charge in [-0.25, -0.2) is 0 Å². The van der Waals surface area contributed by atoms with E-state index in [2.05, 4.69) is 5.32 Å². The lowest BCUT2D eigenvalue weighted by atomic mass is 9.82. The molecule has 2 aliphatic carbocycles. The maximum Gasteiger partial charge on any atom is 0.307 e. The van der Waals surface area contributed by atoms with Gasteiger partial charge in [0.1, 0.15) is 0 Å². The van der Waals surface area contributed by atoms with Crippen molar-refractivity contribution in [2.24, 2.45) is 23.7 Å². The van der Waals surface area contributed by atoms with Crippen molar-refractivity contribution in [3.05, 3.63) is 12.2 Å². The molecular weight excluding hydrogens is 262 g/mol. The SMILES string of the molecule is O=C(O)[C@@H]1C2C=CC(C2)[C@@H]1C(=O)NCCCOCCO. The molecule has 0 radical (unpaired) electrons. The number of aliphatic hydroxyl groups excluding tert-OH is 1. The van der Waals surface area contributed by atoms with E-state index < -0.39 is 17.8 Å². The number of rotatable bonds is 8. The van der Waals surface area contributed by atoms with Gasteiger partial charge in [0.05, 0.1) is 25.0 Å². The first kappa shape index (κ1) is 15.0. The third kappa shape index (κ3) is 3.19. The number of hydrogen-bond acceptors (Lipinski definition) is 4. The van der Waals surface area contributed by atoms with Gasteiger partial charge in [0.25, 0.3) is 0 Å². The molecule has 0 aromatic rings. The minimum absolute atomic E-state index is 0.00105. The number of carboxylic acids is 1. The molecule has 2 unspecified atom stereocenters. The fourth-order valence-electron chi connectivity index (χ4n) is 3.19. The minimum Gasteiger partial charge on any atom is -0.481 e. The molecule has 1 amide bonds. The van der Waals surface area contributed by atoms with E-state index in [0.29, 0.717) is 26.2 Å². The van der Waals surface area contributed by atoms with E-state index in [1.54, 1.807) is 0 Å². The highest BCUT2D eigenvalue weighted by Crippen LogP contribution is 2.48. The molecule has 1 fully saturated rings. The van der Waals surface area contributed by atoms with Crippen LogP contribution < -0.4 is 5.32 Å². The third-order valence-corrected chi connectivity index (χ3v) is 4.05. The highest BCUT2D eigenvalue weighted by Gasteiger charge is 2.51. The Morgan fingerprint density at radius 1 is 1.20 bits per heavy atom. The Labute approximate surface area is 117 Å². The maximum absolute atomic E-state index is 12.1. The zero-order valence-corrected chi connectivity index (χ0v) is 11.3. The molecule has 6 heteroatoms. The zero-order chi connectivity index (χ0) is 14.5. The van der Waals surface area contributed by atoms with Gasteiger partial charge in [-0.15, -0.1) is 0 Å². The molecule has 2 rings (SSSR count). The fourth-order valence-corrected chi connectivity index (χ4v) is 3.19. The van der Waals surface area contributed by atoms with Gasteiger partial charge in [0.2, 0.25) is 5.91 Å². The predicted octanol–water partition coefficient (Wildman–Crippen LogP) is 0.0245. The lowest BCUT2D eigenvalue weighted by Crippen LogP contribution is -2.40. The van der Waals surface area contributed by atoms with Gasteiger partial charge in [-0.3, -0.25) is 9.59 Å². The zero-order valence-electron chi connectivity index (χ0n) is 11.3. The van der Waals surface area contributed by atoms with Gasteiger partial charge in [0.15, 0.2) is 0 Å². The first-order valence-electron chi connectivity index (χ1n) is 7.02. The van der Waals surface area contributed by atoms with E-state index in [9.17, 15) is 14.7 Å². The molecule has 0 aromatic carbocycles. The highest BCUT2D eigenvalue weighted by atomic mass is 16.5. The van der Waals surface area contributed by atoms with Gasteiger partial charge in [0, 0.05) is 13.2 Å². The van der Waals surface area contributed by atoms with Crippen molar-refractivity contribution in [2.75, 3.05) is 26.4 Å². The summed E-state index contributed by atoms with van der Waals surface area (Å²) < 4.78 is 5.09. The quantitative estimate of drug-likeness (QED) is 0.431. The van der Waals surface area contributed by atoms with Crippen molar-refractivity contribution < 1.29 is 24.5 Å². The summed E-state index contributed by atoms with van der Waals surface area (Å²) in [5.74, 6) is -2.02. The van der Waals surface area contributed by atoms with Crippen LogP contribution in [0, 0.1) is 23.7 Å². The Morgan fingerprint density at radius 2 is 1.90 bits per heavy atom. The average molecular weight is 283 g/mol. The number of carboxylic acid groups (broad SMARTS) is 1. The highest BCUT2D eigenvalue weighted by molar-refractivity contribution is 5.86. The monoisotopic (exact) mass is 283 g/mol. The molecule has 6 nitrogen and oxygen atoms in total. The number of carbonyl (C=O) groups is 2. The van der Waals surface area contributed by atoms with E-state index in [0.717, 1.165) is 6.42 Å². The Hall–Kier alpha value is -1.40. The molecule has 0 aromatic heterocycles. The first-order chi connectivity index (χ1) is 9.65. The average Bonchev–Trinajstić information content (AvgIpc) is 3.02. The molecule has 0 saturated heterocycles. The summed E-state index contributed by atoms with van der Waals surface area (Å²) in [7, 11) is 0. The Bertz CT molecular complexity index is 395. The topological polar surface area (TPSA) is 95.9 Å². The number of nitrogens with one attached hydrogen (secondary N) is 1. The van der Waals surface area contributed by atoms with Gasteiger partial charge in [-0.1, -0.05) is 12.2 Å². The number of allylic oxidation sites excluding steroid dienone is 2. The molecule has 112 valence electrons. The van der Waals surface area contributed by atoms with Crippen LogP contribution in [0.1, 0.15) is 12.8 Å². The summed E-state index contributed by atoms with van der Waals surface area (Å²) in [6.07, 6.45) is 5.32. The smallest absolute Gasteiger partial charge is 0.307 e. The first-order valence-corrected chi connectivity index (χ1v) is 7.02. The van der Waals surface area contributed by atoms with Crippen molar-refractivity contribution >= 4 is 11.9 Å². The van der Waals surface area contributed by atoms with Crippen molar-refractivity contribution in [3.8, 4) is 0 Å². The molecule has 0 aliphatic heterocycles. The summed E-state index contributed by atoms with van der Waals surface area (Å²) in [5.41, 5.74) is 0. The molecule has 3 N–H and O–H groups in total.